The summed E-state index contributed by atoms with van der Waals surface area (Å²) >= 11 is 0. The number of hydrogen-bond donors (Lipinski definition) is 0. The van der Waals surface area contributed by atoms with E-state index in [1.54, 1.807) is 0 Å². The Morgan fingerprint density at radius 3 is 0.967 bits per heavy atom. The van der Waals surface area contributed by atoms with E-state index >= 15 is 0 Å². The van der Waals surface area contributed by atoms with Crippen molar-refractivity contribution in [1.29, 1.82) is 0 Å². The molecule has 0 spiro atoms. The molecular weight excluding hydrogens is 368 g/mol. The van der Waals surface area contributed by atoms with Crippen LogP contribution in [0.1, 0.15) is 50.9 Å². The van der Waals surface area contributed by atoms with E-state index in [1.165, 1.54) is 22.5 Å². The summed E-state index contributed by atoms with van der Waals surface area (Å²) in [6, 6.07) is 18.9. The largest absolute Gasteiger partial charge is 0.378 e. The highest BCUT2D eigenvalue weighted by molar-refractivity contribution is 5.48. The van der Waals surface area contributed by atoms with Crippen molar-refractivity contribution < 1.29 is 0 Å². The van der Waals surface area contributed by atoms with E-state index in [1.807, 2.05) is 0 Å². The second-order valence-corrected chi connectivity index (χ2v) is 8.30. The second kappa shape index (κ2) is 11.4. The molecule has 0 N–H and O–H groups in total. The smallest absolute Gasteiger partial charge is 0.0545 e. The molecule has 0 heterocycles. The third-order valence-corrected chi connectivity index (χ3v) is 6.21. The van der Waals surface area contributed by atoms with Crippen molar-refractivity contribution in [1.82, 2.24) is 9.80 Å². The van der Waals surface area contributed by atoms with E-state index in [4.69, 9.17) is 0 Å². The highest BCUT2D eigenvalue weighted by Crippen LogP contribution is 2.39. The molecule has 166 valence electrons. The zero-order chi connectivity index (χ0) is 22.3. The number of hydrogen-bond acceptors (Lipinski definition) is 4. The van der Waals surface area contributed by atoms with Crippen LogP contribution in [0, 0.1) is 0 Å². The van der Waals surface area contributed by atoms with Gasteiger partial charge in [0, 0.05) is 39.6 Å². The number of anilines is 2. The fraction of sp³-hybridized carbons (Fsp3) is 0.538. The van der Waals surface area contributed by atoms with Gasteiger partial charge in [-0.25, -0.2) is 0 Å². The van der Waals surface area contributed by atoms with Crippen molar-refractivity contribution in [2.75, 3.05) is 64.2 Å². The minimum absolute atomic E-state index is 0.307. The predicted molar refractivity (Wildman–Crippen MR) is 133 cm³/mol. The number of likely N-dealkylation sites (N-methyl/N-ethyl adjacent to an activating group) is 2. The molecule has 0 fully saturated rings. The van der Waals surface area contributed by atoms with Crippen LogP contribution in [-0.4, -0.2) is 64.2 Å². The van der Waals surface area contributed by atoms with Crippen molar-refractivity contribution >= 4 is 11.4 Å². The predicted octanol–water partition coefficient (Wildman–Crippen LogP) is 5.28. The van der Waals surface area contributed by atoms with E-state index in [9.17, 15) is 0 Å². The molecule has 2 rings (SSSR count). The number of nitrogens with zero attached hydrogens (tertiary/aromatic N) is 4. The molecule has 0 aliphatic rings. The van der Waals surface area contributed by atoms with Crippen LogP contribution in [-0.2, 0) is 0 Å². The summed E-state index contributed by atoms with van der Waals surface area (Å²) in [6.07, 6.45) is 0. The summed E-state index contributed by atoms with van der Waals surface area (Å²) in [4.78, 5) is 9.54. The Bertz CT molecular complexity index is 663. The Morgan fingerprint density at radius 1 is 0.500 bits per heavy atom. The van der Waals surface area contributed by atoms with Gasteiger partial charge in [0.25, 0.3) is 0 Å². The second-order valence-electron chi connectivity index (χ2n) is 8.30. The molecule has 30 heavy (non-hydrogen) atoms. The molecule has 0 bridgehead atoms. The highest BCUT2D eigenvalue weighted by Gasteiger charge is 2.32. The molecule has 4 nitrogen and oxygen atoms in total. The van der Waals surface area contributed by atoms with Crippen LogP contribution in [0.3, 0.4) is 0 Å². The zero-order valence-electron chi connectivity index (χ0n) is 20.4. The van der Waals surface area contributed by atoms with Crippen LogP contribution in [0.25, 0.3) is 0 Å². The van der Waals surface area contributed by atoms with Crippen molar-refractivity contribution in [3.05, 3.63) is 59.7 Å². The topological polar surface area (TPSA) is 13.0 Å². The van der Waals surface area contributed by atoms with Gasteiger partial charge >= 0.3 is 0 Å². The Morgan fingerprint density at radius 2 is 0.767 bits per heavy atom. The first-order valence-corrected chi connectivity index (χ1v) is 11.4. The zero-order valence-corrected chi connectivity index (χ0v) is 20.4. The summed E-state index contributed by atoms with van der Waals surface area (Å²) in [5.74, 6) is 0. The van der Waals surface area contributed by atoms with Gasteiger partial charge in [-0.15, -0.1) is 0 Å². The summed E-state index contributed by atoms with van der Waals surface area (Å²) in [6.45, 7) is 13.2. The van der Waals surface area contributed by atoms with Crippen molar-refractivity contribution in [3.8, 4) is 0 Å². The van der Waals surface area contributed by atoms with Gasteiger partial charge in [-0.1, -0.05) is 52.0 Å². The Labute approximate surface area is 185 Å². The summed E-state index contributed by atoms with van der Waals surface area (Å²) < 4.78 is 0. The Hall–Kier alpha value is -2.04. The molecule has 0 aliphatic heterocycles. The minimum atomic E-state index is 0.307. The Kier molecular flexibility index (Phi) is 9.19. The summed E-state index contributed by atoms with van der Waals surface area (Å²) in [5, 5.41) is 0. The molecule has 2 aromatic rings. The maximum Gasteiger partial charge on any atom is 0.0545 e. The maximum absolute atomic E-state index is 2.60. The van der Waals surface area contributed by atoms with Crippen LogP contribution >= 0.6 is 0 Å². The molecule has 4 heteroatoms. The molecule has 0 saturated carbocycles. The van der Waals surface area contributed by atoms with Crippen molar-refractivity contribution in [2.45, 2.75) is 39.8 Å². The molecule has 0 amide bonds. The van der Waals surface area contributed by atoms with E-state index in [0.717, 1.165) is 26.2 Å². The van der Waals surface area contributed by atoms with E-state index in [2.05, 4.69) is 124 Å². The fourth-order valence-corrected chi connectivity index (χ4v) is 4.36. The van der Waals surface area contributed by atoms with E-state index in [-0.39, 0.29) is 0 Å². The van der Waals surface area contributed by atoms with Gasteiger partial charge < -0.3 is 9.80 Å². The number of benzene rings is 2. The molecule has 0 aliphatic carbocycles. The van der Waals surface area contributed by atoms with Gasteiger partial charge in [-0.2, -0.15) is 0 Å². The van der Waals surface area contributed by atoms with Gasteiger partial charge in [0.2, 0.25) is 0 Å². The van der Waals surface area contributed by atoms with E-state index in [0.29, 0.717) is 12.1 Å². The van der Waals surface area contributed by atoms with Gasteiger partial charge in [-0.3, -0.25) is 9.80 Å². The van der Waals surface area contributed by atoms with Gasteiger partial charge in [-0.05, 0) is 61.6 Å². The standard InChI is InChI=1S/C26H42N4/c1-9-29(10-2)25(21-13-17-23(18-14-21)27(5)6)26(30(11-3)12-4)22-15-19-24(20-16-22)28(7)8/h13-20,25-26H,9-12H2,1-8H3. The highest BCUT2D eigenvalue weighted by atomic mass is 15.2. The number of rotatable bonds is 11. The third kappa shape index (κ3) is 5.55. The summed E-state index contributed by atoms with van der Waals surface area (Å²) in [5.41, 5.74) is 5.26. The lowest BCUT2D eigenvalue weighted by molar-refractivity contribution is 0.0890. The monoisotopic (exact) mass is 410 g/mol. The van der Waals surface area contributed by atoms with Crippen molar-refractivity contribution in [3.63, 3.8) is 0 Å². The van der Waals surface area contributed by atoms with Crippen LogP contribution in [0.15, 0.2) is 48.5 Å². The molecule has 0 aromatic heterocycles. The first-order valence-electron chi connectivity index (χ1n) is 11.4. The van der Waals surface area contributed by atoms with Crippen molar-refractivity contribution in [2.24, 2.45) is 0 Å². The third-order valence-electron chi connectivity index (χ3n) is 6.21. The van der Waals surface area contributed by atoms with Crippen LogP contribution in [0.5, 0.6) is 0 Å². The molecular formula is C26H42N4. The van der Waals surface area contributed by atoms with E-state index < -0.39 is 0 Å². The van der Waals surface area contributed by atoms with Crippen LogP contribution < -0.4 is 9.80 Å². The lowest BCUT2D eigenvalue weighted by Gasteiger charge is -2.42. The van der Waals surface area contributed by atoms with Crippen LogP contribution in [0.4, 0.5) is 11.4 Å². The SMILES string of the molecule is CCN(CC)C(c1ccc(N(C)C)cc1)C(c1ccc(N(C)C)cc1)N(CC)CC. The molecule has 2 unspecified atom stereocenters. The lowest BCUT2D eigenvalue weighted by Crippen LogP contribution is -2.41. The first kappa shape index (κ1) is 24.2. The van der Waals surface area contributed by atoms with Crippen LogP contribution in [0.2, 0.25) is 0 Å². The molecule has 0 saturated heterocycles. The molecule has 0 radical (unpaired) electrons. The minimum Gasteiger partial charge on any atom is -0.378 e. The first-order chi connectivity index (χ1) is 14.4. The lowest BCUT2D eigenvalue weighted by atomic mass is 9.90. The van der Waals surface area contributed by atoms with Gasteiger partial charge in [0.05, 0.1) is 12.1 Å². The average molecular weight is 411 g/mol. The maximum atomic E-state index is 2.60. The quantitative estimate of drug-likeness (QED) is 0.499. The molecule has 2 aromatic carbocycles. The normalized spacial score (nSPS) is 13.5. The van der Waals surface area contributed by atoms with Gasteiger partial charge in [0.15, 0.2) is 0 Å². The average Bonchev–Trinajstić information content (AvgIpc) is 2.76. The van der Waals surface area contributed by atoms with Gasteiger partial charge in [0.1, 0.15) is 0 Å². The summed E-state index contributed by atoms with van der Waals surface area (Å²) in [7, 11) is 8.40. The fourth-order valence-electron chi connectivity index (χ4n) is 4.36. The molecule has 2 atom stereocenters. The Balaban J connectivity index is 2.59.